The van der Waals surface area contributed by atoms with Crippen molar-refractivity contribution in [3.05, 3.63) is 29.3 Å². The maximum Gasteiger partial charge on any atom is 0.251 e. The highest BCUT2D eigenvalue weighted by Crippen LogP contribution is 2.55. The Balaban J connectivity index is 1.37. The average Bonchev–Trinajstić information content (AvgIpc) is 2.96. The van der Waals surface area contributed by atoms with Crippen LogP contribution in [-0.4, -0.2) is 32.7 Å². The molecule has 0 spiro atoms. The SMILES string of the molecule is CS(=O)(=O)N1CCc2cc(C(=O)NC34CC5CC(CC(C5)C3)C4)ccc21. The molecule has 0 saturated heterocycles. The number of carbonyl (C=O) groups excluding carboxylic acids is 1. The molecule has 6 heteroatoms. The topological polar surface area (TPSA) is 66.5 Å². The summed E-state index contributed by atoms with van der Waals surface area (Å²) >= 11 is 0. The van der Waals surface area contributed by atoms with Gasteiger partial charge in [-0.1, -0.05) is 0 Å². The zero-order valence-corrected chi connectivity index (χ0v) is 16.0. The van der Waals surface area contributed by atoms with Crippen LogP contribution in [0.3, 0.4) is 0 Å². The van der Waals surface area contributed by atoms with Crippen LogP contribution in [0.15, 0.2) is 18.2 Å². The Morgan fingerprint density at radius 2 is 1.73 bits per heavy atom. The van der Waals surface area contributed by atoms with Crippen LogP contribution in [0.2, 0.25) is 0 Å². The lowest BCUT2D eigenvalue weighted by molar-refractivity contribution is -0.0167. The molecule has 0 unspecified atom stereocenters. The van der Waals surface area contributed by atoms with Crippen molar-refractivity contribution in [2.75, 3.05) is 17.1 Å². The molecule has 0 atom stereocenters. The van der Waals surface area contributed by atoms with Crippen LogP contribution in [0.25, 0.3) is 0 Å². The molecule has 4 bridgehead atoms. The van der Waals surface area contributed by atoms with E-state index in [1.165, 1.54) is 29.8 Å². The molecule has 4 saturated carbocycles. The maximum atomic E-state index is 13.0. The van der Waals surface area contributed by atoms with E-state index in [0.717, 1.165) is 48.3 Å². The second-order valence-corrected chi connectivity index (χ2v) is 11.0. The van der Waals surface area contributed by atoms with Crippen molar-refractivity contribution in [2.45, 2.75) is 50.5 Å². The summed E-state index contributed by atoms with van der Waals surface area (Å²) in [6, 6.07) is 5.45. The quantitative estimate of drug-likeness (QED) is 0.885. The first kappa shape index (κ1) is 16.6. The number of sulfonamides is 1. The Morgan fingerprint density at radius 1 is 1.12 bits per heavy atom. The average molecular weight is 375 g/mol. The van der Waals surface area contributed by atoms with Crippen molar-refractivity contribution in [3.8, 4) is 0 Å². The van der Waals surface area contributed by atoms with Gasteiger partial charge in [0, 0.05) is 17.6 Å². The van der Waals surface area contributed by atoms with Gasteiger partial charge in [-0.05, 0) is 86.5 Å². The smallest absolute Gasteiger partial charge is 0.251 e. The lowest BCUT2D eigenvalue weighted by atomic mass is 9.53. The van der Waals surface area contributed by atoms with Gasteiger partial charge in [0.2, 0.25) is 10.0 Å². The minimum Gasteiger partial charge on any atom is -0.347 e. The summed E-state index contributed by atoms with van der Waals surface area (Å²) in [6.07, 6.45) is 9.38. The molecule has 5 nitrogen and oxygen atoms in total. The number of hydrogen-bond acceptors (Lipinski definition) is 3. The standard InChI is InChI=1S/C20H26N2O3S/c1-26(24,25)22-5-4-16-9-17(2-3-18(16)22)19(23)21-20-10-13-6-14(11-20)8-15(7-13)12-20/h2-3,9,13-15H,4-8,10-12H2,1H3,(H,21,23). The lowest BCUT2D eigenvalue weighted by Gasteiger charge is -2.56. The minimum atomic E-state index is -3.25. The summed E-state index contributed by atoms with van der Waals surface area (Å²) in [6.45, 7) is 0.466. The van der Waals surface area contributed by atoms with Gasteiger partial charge in [0.1, 0.15) is 0 Å². The molecule has 0 aromatic heterocycles. The van der Waals surface area contributed by atoms with Crippen LogP contribution in [0.4, 0.5) is 5.69 Å². The Morgan fingerprint density at radius 3 is 2.31 bits per heavy atom. The van der Waals surface area contributed by atoms with Crippen molar-refractivity contribution in [2.24, 2.45) is 17.8 Å². The third kappa shape index (κ3) is 2.65. The molecule has 140 valence electrons. The molecular formula is C20H26N2O3S. The first-order chi connectivity index (χ1) is 12.3. The van der Waals surface area contributed by atoms with Gasteiger partial charge in [0.05, 0.1) is 11.9 Å². The molecule has 1 heterocycles. The highest BCUT2D eigenvalue weighted by Gasteiger charge is 2.51. The second kappa shape index (κ2) is 5.47. The van der Waals surface area contributed by atoms with Gasteiger partial charge in [-0.15, -0.1) is 0 Å². The predicted molar refractivity (Wildman–Crippen MR) is 101 cm³/mol. The summed E-state index contributed by atoms with van der Waals surface area (Å²) in [5.74, 6) is 2.40. The number of nitrogens with one attached hydrogen (secondary N) is 1. The summed E-state index contributed by atoms with van der Waals surface area (Å²) in [5, 5.41) is 3.40. The number of amides is 1. The van der Waals surface area contributed by atoms with E-state index in [1.807, 2.05) is 6.07 Å². The summed E-state index contributed by atoms with van der Waals surface area (Å²) in [7, 11) is -3.25. The number of carbonyl (C=O) groups is 1. The highest BCUT2D eigenvalue weighted by atomic mass is 32.2. The number of benzene rings is 1. The Bertz CT molecular complexity index is 842. The molecule has 0 radical (unpaired) electrons. The number of anilines is 1. The molecule has 5 aliphatic rings. The Labute approximate surface area is 155 Å². The second-order valence-electron chi connectivity index (χ2n) is 9.08. The van der Waals surface area contributed by atoms with E-state index < -0.39 is 10.0 Å². The number of rotatable bonds is 3. The molecule has 26 heavy (non-hydrogen) atoms. The van der Waals surface area contributed by atoms with Gasteiger partial charge in [0.25, 0.3) is 5.91 Å². The van der Waals surface area contributed by atoms with E-state index in [4.69, 9.17) is 0 Å². The molecular weight excluding hydrogens is 348 g/mol. The number of fused-ring (bicyclic) bond motifs is 1. The van der Waals surface area contributed by atoms with Crippen molar-refractivity contribution in [1.29, 1.82) is 0 Å². The third-order valence-electron chi connectivity index (χ3n) is 7.01. The molecule has 4 aliphatic carbocycles. The molecule has 1 amide bonds. The van der Waals surface area contributed by atoms with Crippen molar-refractivity contribution in [3.63, 3.8) is 0 Å². The fraction of sp³-hybridized carbons (Fsp3) is 0.650. The Hall–Kier alpha value is -1.56. The molecule has 1 aromatic carbocycles. The Kier molecular flexibility index (Phi) is 3.49. The predicted octanol–water partition coefficient (Wildman–Crippen LogP) is 2.71. The van der Waals surface area contributed by atoms with Gasteiger partial charge < -0.3 is 5.32 Å². The van der Waals surface area contributed by atoms with E-state index in [1.54, 1.807) is 12.1 Å². The lowest BCUT2D eigenvalue weighted by Crippen LogP contribution is -2.59. The van der Waals surface area contributed by atoms with Crippen LogP contribution in [0.5, 0.6) is 0 Å². The number of nitrogens with zero attached hydrogens (tertiary/aromatic N) is 1. The molecule has 1 N–H and O–H groups in total. The molecule has 4 fully saturated rings. The largest absolute Gasteiger partial charge is 0.347 e. The van der Waals surface area contributed by atoms with Gasteiger partial charge in [-0.2, -0.15) is 0 Å². The zero-order chi connectivity index (χ0) is 18.1. The zero-order valence-electron chi connectivity index (χ0n) is 15.2. The first-order valence-corrected chi connectivity index (χ1v) is 11.6. The van der Waals surface area contributed by atoms with Crippen LogP contribution in [0, 0.1) is 17.8 Å². The van der Waals surface area contributed by atoms with Gasteiger partial charge in [0.15, 0.2) is 0 Å². The number of hydrogen-bond donors (Lipinski definition) is 1. The van der Waals surface area contributed by atoms with Crippen molar-refractivity contribution < 1.29 is 13.2 Å². The molecule has 1 aliphatic heterocycles. The highest BCUT2D eigenvalue weighted by molar-refractivity contribution is 7.92. The molecule has 1 aromatic rings. The van der Waals surface area contributed by atoms with Gasteiger partial charge >= 0.3 is 0 Å². The van der Waals surface area contributed by atoms with Gasteiger partial charge in [-0.25, -0.2) is 8.42 Å². The summed E-state index contributed by atoms with van der Waals surface area (Å²) < 4.78 is 25.2. The molecule has 6 rings (SSSR count). The van der Waals surface area contributed by atoms with Gasteiger partial charge in [-0.3, -0.25) is 9.10 Å². The fourth-order valence-corrected chi connectivity index (χ4v) is 7.39. The van der Waals surface area contributed by atoms with E-state index in [9.17, 15) is 13.2 Å². The monoisotopic (exact) mass is 374 g/mol. The van der Waals surface area contributed by atoms with Crippen molar-refractivity contribution >= 4 is 21.6 Å². The summed E-state index contributed by atoms with van der Waals surface area (Å²) in [5.41, 5.74) is 2.34. The maximum absolute atomic E-state index is 13.0. The van der Waals surface area contributed by atoms with E-state index >= 15 is 0 Å². The van der Waals surface area contributed by atoms with Crippen molar-refractivity contribution in [1.82, 2.24) is 5.32 Å². The van der Waals surface area contributed by atoms with Crippen LogP contribution < -0.4 is 9.62 Å². The van der Waals surface area contributed by atoms with E-state index in [2.05, 4.69) is 5.32 Å². The normalized spacial score (nSPS) is 34.8. The minimum absolute atomic E-state index is 0.00361. The third-order valence-corrected chi connectivity index (χ3v) is 8.19. The van der Waals surface area contributed by atoms with Crippen LogP contribution >= 0.6 is 0 Å². The van der Waals surface area contributed by atoms with E-state index in [-0.39, 0.29) is 11.4 Å². The van der Waals surface area contributed by atoms with Crippen LogP contribution in [0.1, 0.15) is 54.4 Å². The van der Waals surface area contributed by atoms with Crippen LogP contribution in [-0.2, 0) is 16.4 Å². The van der Waals surface area contributed by atoms with E-state index in [0.29, 0.717) is 18.5 Å². The summed E-state index contributed by atoms with van der Waals surface area (Å²) in [4.78, 5) is 13.0. The first-order valence-electron chi connectivity index (χ1n) is 9.74. The fourth-order valence-electron chi connectivity index (χ4n) is 6.43.